The first-order chi connectivity index (χ1) is 26.5. The maximum Gasteiger partial charge on any atom is 0.314 e. The van der Waals surface area contributed by atoms with Gasteiger partial charge in [0.25, 0.3) is 17.3 Å². The van der Waals surface area contributed by atoms with Crippen molar-refractivity contribution in [1.29, 1.82) is 0 Å². The molecule has 0 bridgehead atoms. The zero-order valence-corrected chi connectivity index (χ0v) is 29.6. The van der Waals surface area contributed by atoms with Crippen LogP contribution in [0.3, 0.4) is 0 Å². The number of furan rings is 2. The van der Waals surface area contributed by atoms with Gasteiger partial charge >= 0.3 is 12.9 Å². The highest BCUT2D eigenvalue weighted by molar-refractivity contribution is 9.09. The van der Waals surface area contributed by atoms with Gasteiger partial charge in [0.05, 0.1) is 18.4 Å². The molecular weight excluding hydrogens is 796 g/mol. The number of allylic oxidation sites excluding steroid dienone is 1. The van der Waals surface area contributed by atoms with Gasteiger partial charge in [-0.05, 0) is 29.8 Å². The Balaban J connectivity index is 0.000000155. The van der Waals surface area contributed by atoms with Crippen molar-refractivity contribution in [3.63, 3.8) is 0 Å². The molecule has 1 N–H and O–H groups in total. The lowest BCUT2D eigenvalue weighted by Gasteiger charge is -2.04. The predicted molar refractivity (Wildman–Crippen MR) is 194 cm³/mol. The number of hydrogen-bond acceptors (Lipinski definition) is 11. The monoisotopic (exact) mass is 820 g/mol. The third kappa shape index (κ3) is 8.93. The Morgan fingerprint density at radius 1 is 0.764 bits per heavy atom. The quantitative estimate of drug-likeness (QED) is 0.0838. The molecule has 18 heteroatoms. The molecule has 0 aliphatic rings. The molecule has 0 radical (unpaired) electrons. The minimum Gasteiger partial charge on any atom is -0.464 e. The average Bonchev–Trinajstić information content (AvgIpc) is 4.02. The number of benzene rings is 2. The van der Waals surface area contributed by atoms with E-state index in [4.69, 9.17) is 13.3 Å². The van der Waals surface area contributed by atoms with Crippen molar-refractivity contribution in [3.8, 4) is 22.9 Å². The Morgan fingerprint density at radius 2 is 1.31 bits per heavy atom. The number of aromatic amines is 1. The third-order valence-electron chi connectivity index (χ3n) is 7.64. The van der Waals surface area contributed by atoms with Gasteiger partial charge in [0.1, 0.15) is 17.4 Å². The SMILES string of the molecule is C=C(CBr)c1coc2ccccc12.O=C(Cn1ccc(-c2nnc(C(F)F)o2)cc1=O)c1coc2ccccc12.O=c1cc(-c2nnc(C(F)F)o2)cc[nH]1. The van der Waals surface area contributed by atoms with Crippen LogP contribution in [0.5, 0.6) is 0 Å². The molecule has 8 rings (SSSR count). The minimum atomic E-state index is -2.89. The second-order valence-corrected chi connectivity index (χ2v) is 11.8. The summed E-state index contributed by atoms with van der Waals surface area (Å²) in [6, 6.07) is 20.3. The van der Waals surface area contributed by atoms with E-state index < -0.39 is 30.2 Å². The van der Waals surface area contributed by atoms with Crippen LogP contribution in [0.15, 0.2) is 132 Å². The summed E-state index contributed by atoms with van der Waals surface area (Å²) in [4.78, 5) is 38.1. The van der Waals surface area contributed by atoms with Gasteiger partial charge in [-0.2, -0.15) is 17.6 Å². The Labute approximate surface area is 314 Å². The highest BCUT2D eigenvalue weighted by Gasteiger charge is 2.19. The Hall–Kier alpha value is -6.69. The number of rotatable bonds is 9. The summed E-state index contributed by atoms with van der Waals surface area (Å²) in [6.07, 6.45) is 0.140. The minimum absolute atomic E-state index is 0.101. The third-order valence-corrected chi connectivity index (χ3v) is 8.32. The first kappa shape index (κ1) is 38.0. The fraction of sp³-hybridized carbons (Fsp3) is 0.108. The molecule has 0 fully saturated rings. The second kappa shape index (κ2) is 17.0. The summed E-state index contributed by atoms with van der Waals surface area (Å²) in [5, 5.41) is 15.8. The van der Waals surface area contributed by atoms with Crippen LogP contribution in [0.1, 0.15) is 40.6 Å². The van der Waals surface area contributed by atoms with Crippen molar-refractivity contribution < 1.29 is 40.0 Å². The number of H-pyrrole nitrogens is 1. The van der Waals surface area contributed by atoms with Crippen LogP contribution in [0, 0.1) is 0 Å². The molecule has 0 saturated carbocycles. The highest BCUT2D eigenvalue weighted by atomic mass is 79.9. The zero-order valence-electron chi connectivity index (χ0n) is 28.0. The van der Waals surface area contributed by atoms with Crippen LogP contribution in [-0.4, -0.2) is 41.1 Å². The van der Waals surface area contributed by atoms with Crippen LogP contribution in [-0.2, 0) is 6.54 Å². The van der Waals surface area contributed by atoms with Crippen molar-refractivity contribution in [2.75, 3.05) is 5.33 Å². The number of nitrogens with zero attached hydrogens (tertiary/aromatic N) is 5. The lowest BCUT2D eigenvalue weighted by atomic mass is 10.1. The maximum atomic E-state index is 12.5. The molecule has 0 aliphatic carbocycles. The maximum absolute atomic E-state index is 12.5. The molecule has 0 atom stereocenters. The first-order valence-corrected chi connectivity index (χ1v) is 17.0. The van der Waals surface area contributed by atoms with Gasteiger partial charge in [-0.15, -0.1) is 20.4 Å². The molecule has 6 heterocycles. The number of alkyl halides is 5. The number of Topliss-reactive ketones (excluding diaryl/α,β-unsaturated/α-hetero) is 1. The van der Waals surface area contributed by atoms with Gasteiger partial charge in [-0.1, -0.05) is 58.9 Å². The van der Waals surface area contributed by atoms with E-state index in [9.17, 15) is 31.9 Å². The summed E-state index contributed by atoms with van der Waals surface area (Å²) in [5.41, 5.74) is 3.62. The van der Waals surface area contributed by atoms with E-state index >= 15 is 0 Å². The van der Waals surface area contributed by atoms with Crippen LogP contribution < -0.4 is 11.1 Å². The molecule has 0 saturated heterocycles. The van der Waals surface area contributed by atoms with Crippen molar-refractivity contribution in [2.24, 2.45) is 0 Å². The van der Waals surface area contributed by atoms with E-state index in [2.05, 4.69) is 52.3 Å². The number of ketones is 1. The molecule has 0 aliphatic heterocycles. The lowest BCUT2D eigenvalue weighted by Crippen LogP contribution is -2.23. The number of carbonyl (C=O) groups is 1. The molecule has 6 aromatic heterocycles. The topological polar surface area (TPSA) is 176 Å². The molecule has 280 valence electrons. The molecular formula is C37H25BrF4N6O7. The smallest absolute Gasteiger partial charge is 0.314 e. The van der Waals surface area contributed by atoms with Gasteiger partial charge in [-0.3, -0.25) is 14.4 Å². The van der Waals surface area contributed by atoms with Crippen LogP contribution >= 0.6 is 15.9 Å². The number of pyridine rings is 2. The van der Waals surface area contributed by atoms with Gasteiger partial charge in [0, 0.05) is 57.3 Å². The summed E-state index contributed by atoms with van der Waals surface area (Å²) in [7, 11) is 0. The molecule has 2 aromatic carbocycles. The molecule has 13 nitrogen and oxygen atoms in total. The lowest BCUT2D eigenvalue weighted by molar-refractivity contribution is 0.0971. The number of fused-ring (bicyclic) bond motifs is 2. The van der Waals surface area contributed by atoms with Crippen LogP contribution in [0.2, 0.25) is 0 Å². The van der Waals surface area contributed by atoms with Gasteiger partial charge in [0.15, 0.2) is 5.78 Å². The highest BCUT2D eigenvalue weighted by Crippen LogP contribution is 2.27. The number of nitrogens with one attached hydrogen (secondary N) is 1. The van der Waals surface area contributed by atoms with E-state index in [1.165, 1.54) is 41.4 Å². The van der Waals surface area contributed by atoms with Gasteiger partial charge in [-0.25, -0.2) is 0 Å². The number of para-hydroxylation sites is 2. The second-order valence-electron chi connectivity index (χ2n) is 11.3. The fourth-order valence-corrected chi connectivity index (χ4v) is 5.29. The molecule has 0 unspecified atom stereocenters. The summed E-state index contributed by atoms with van der Waals surface area (Å²) < 4.78 is 70.7. The Kier molecular flexibility index (Phi) is 11.7. The Bertz CT molecular complexity index is 2710. The molecule has 0 spiro atoms. The standard InChI is InChI=1S/C18H11F2N3O4.C11H9BrO.C8H5F2N3O2/c19-16(20)18-22-21-17(27-18)10-5-6-23(15(25)7-10)8-13(24)12-9-26-14-4-2-1-3-11(12)14;1-8(6-12)10-7-13-11-5-3-2-4-9(10)11;9-6(10)8-13-12-7(15-8)4-1-2-11-5(14)3-4/h1-7,9,16H,8H2;2-5,7H,1,6H2;1-3,6H,(H,11,14). The van der Waals surface area contributed by atoms with Crippen molar-refractivity contribution in [2.45, 2.75) is 19.4 Å². The zero-order chi connectivity index (χ0) is 39.1. The van der Waals surface area contributed by atoms with Crippen molar-refractivity contribution in [1.82, 2.24) is 29.9 Å². The summed E-state index contributed by atoms with van der Waals surface area (Å²) >= 11 is 3.38. The number of halogens is 5. The fourth-order valence-electron chi connectivity index (χ4n) is 4.99. The number of aromatic nitrogens is 6. The normalized spacial score (nSPS) is 11.0. The van der Waals surface area contributed by atoms with Crippen molar-refractivity contribution >= 4 is 49.2 Å². The van der Waals surface area contributed by atoms with Gasteiger partial charge < -0.3 is 27.2 Å². The van der Waals surface area contributed by atoms with Crippen molar-refractivity contribution in [3.05, 3.63) is 148 Å². The molecule has 55 heavy (non-hydrogen) atoms. The summed E-state index contributed by atoms with van der Waals surface area (Å²) in [5.74, 6) is -2.17. The van der Waals surface area contributed by atoms with E-state index in [1.807, 2.05) is 24.3 Å². The van der Waals surface area contributed by atoms with Gasteiger partial charge in [0.2, 0.25) is 17.3 Å². The Morgan fingerprint density at radius 3 is 1.84 bits per heavy atom. The van der Waals surface area contributed by atoms with E-state index in [1.54, 1.807) is 30.5 Å². The number of carbonyl (C=O) groups excluding carboxylic acids is 1. The average molecular weight is 822 g/mol. The van der Waals surface area contributed by atoms with Crippen LogP contribution in [0.25, 0.3) is 50.4 Å². The van der Waals surface area contributed by atoms with E-state index in [-0.39, 0.29) is 35.2 Å². The molecule has 0 amide bonds. The number of hydrogen-bond donors (Lipinski definition) is 1. The summed E-state index contributed by atoms with van der Waals surface area (Å²) in [6.45, 7) is 3.76. The van der Waals surface area contributed by atoms with E-state index in [0.29, 0.717) is 22.1 Å². The van der Waals surface area contributed by atoms with E-state index in [0.717, 1.165) is 33.5 Å². The largest absolute Gasteiger partial charge is 0.464 e. The van der Waals surface area contributed by atoms with Crippen LogP contribution in [0.4, 0.5) is 17.6 Å². The first-order valence-electron chi connectivity index (χ1n) is 15.8. The predicted octanol–water partition coefficient (Wildman–Crippen LogP) is 8.67. The molecule has 8 aromatic rings.